The SMILES string of the molecule is Cc1nn(C)cc1S(=O)(=O)N1CCCCC1c1cccnc1. The molecule has 2 aromatic heterocycles. The van der Waals surface area contributed by atoms with Crippen molar-refractivity contribution in [3.05, 3.63) is 42.0 Å². The Balaban J connectivity index is 2.02. The van der Waals surface area contributed by atoms with Gasteiger partial charge in [-0.2, -0.15) is 9.40 Å². The second-order valence-corrected chi connectivity index (χ2v) is 7.53. The Labute approximate surface area is 130 Å². The molecule has 1 saturated heterocycles. The van der Waals surface area contributed by atoms with Crippen molar-refractivity contribution >= 4 is 10.0 Å². The lowest BCUT2D eigenvalue weighted by Crippen LogP contribution is -2.38. The fourth-order valence-corrected chi connectivity index (χ4v) is 4.94. The summed E-state index contributed by atoms with van der Waals surface area (Å²) in [5, 5.41) is 4.17. The molecule has 1 unspecified atom stereocenters. The molecule has 0 saturated carbocycles. The molecule has 3 heterocycles. The molecule has 0 aromatic carbocycles. The third kappa shape index (κ3) is 2.66. The average molecular weight is 320 g/mol. The quantitative estimate of drug-likeness (QED) is 0.868. The van der Waals surface area contributed by atoms with E-state index in [0.29, 0.717) is 17.1 Å². The molecule has 118 valence electrons. The van der Waals surface area contributed by atoms with Crippen LogP contribution in [0.3, 0.4) is 0 Å². The van der Waals surface area contributed by atoms with Crippen molar-refractivity contribution in [3.8, 4) is 0 Å². The number of piperidine rings is 1. The second-order valence-electron chi connectivity index (χ2n) is 5.67. The maximum Gasteiger partial charge on any atom is 0.247 e. The molecule has 0 N–H and O–H groups in total. The van der Waals surface area contributed by atoms with E-state index in [4.69, 9.17) is 0 Å². The molecule has 7 heteroatoms. The van der Waals surface area contributed by atoms with Crippen LogP contribution in [0.4, 0.5) is 0 Å². The molecule has 1 fully saturated rings. The van der Waals surface area contributed by atoms with E-state index in [2.05, 4.69) is 10.1 Å². The van der Waals surface area contributed by atoms with Gasteiger partial charge in [0, 0.05) is 32.2 Å². The zero-order valence-electron chi connectivity index (χ0n) is 12.8. The van der Waals surface area contributed by atoms with Gasteiger partial charge in [-0.1, -0.05) is 12.5 Å². The fraction of sp³-hybridized carbons (Fsp3) is 0.467. The molecule has 22 heavy (non-hydrogen) atoms. The van der Waals surface area contributed by atoms with Crippen molar-refractivity contribution < 1.29 is 8.42 Å². The Morgan fingerprint density at radius 1 is 1.32 bits per heavy atom. The summed E-state index contributed by atoms with van der Waals surface area (Å²) in [4.78, 5) is 4.43. The number of nitrogens with zero attached hydrogens (tertiary/aromatic N) is 4. The number of pyridine rings is 1. The highest BCUT2D eigenvalue weighted by atomic mass is 32.2. The predicted molar refractivity (Wildman–Crippen MR) is 82.7 cm³/mol. The standard InChI is InChI=1S/C15H20N4O2S/c1-12-15(11-18(2)17-12)22(20,21)19-9-4-3-7-14(19)13-6-5-8-16-10-13/h5-6,8,10-11,14H,3-4,7,9H2,1-2H3. The number of sulfonamides is 1. The minimum Gasteiger partial charge on any atom is -0.274 e. The highest BCUT2D eigenvalue weighted by Gasteiger charge is 2.36. The Morgan fingerprint density at radius 3 is 2.77 bits per heavy atom. The highest BCUT2D eigenvalue weighted by molar-refractivity contribution is 7.89. The molecule has 0 bridgehead atoms. The van der Waals surface area contributed by atoms with Crippen LogP contribution in [0.25, 0.3) is 0 Å². The molecule has 3 rings (SSSR count). The van der Waals surface area contributed by atoms with Crippen LogP contribution in [0.5, 0.6) is 0 Å². The van der Waals surface area contributed by atoms with E-state index in [1.807, 2.05) is 12.1 Å². The molecular formula is C15H20N4O2S. The molecule has 2 aromatic rings. The van der Waals surface area contributed by atoms with Crippen LogP contribution < -0.4 is 0 Å². The van der Waals surface area contributed by atoms with Gasteiger partial charge in [0.05, 0.1) is 11.7 Å². The molecule has 0 spiro atoms. The number of aryl methyl sites for hydroxylation is 2. The van der Waals surface area contributed by atoms with Gasteiger partial charge in [0.25, 0.3) is 0 Å². The van der Waals surface area contributed by atoms with Gasteiger partial charge >= 0.3 is 0 Å². The summed E-state index contributed by atoms with van der Waals surface area (Å²) in [5.41, 5.74) is 1.49. The van der Waals surface area contributed by atoms with Gasteiger partial charge in [-0.05, 0) is 31.4 Å². The summed E-state index contributed by atoms with van der Waals surface area (Å²) >= 11 is 0. The molecule has 1 aliphatic rings. The monoisotopic (exact) mass is 320 g/mol. The summed E-state index contributed by atoms with van der Waals surface area (Å²) in [6, 6.07) is 3.65. The Hall–Kier alpha value is -1.73. The summed E-state index contributed by atoms with van der Waals surface area (Å²) in [6.45, 7) is 2.27. The zero-order valence-corrected chi connectivity index (χ0v) is 13.6. The first-order valence-electron chi connectivity index (χ1n) is 7.42. The first-order chi connectivity index (χ1) is 10.5. The summed E-state index contributed by atoms with van der Waals surface area (Å²) in [6.07, 6.45) is 7.78. The third-order valence-corrected chi connectivity index (χ3v) is 6.09. The van der Waals surface area contributed by atoms with Crippen LogP contribution in [0.1, 0.15) is 36.6 Å². The summed E-state index contributed by atoms with van der Waals surface area (Å²) in [5.74, 6) is 0. The average Bonchev–Trinajstić information content (AvgIpc) is 2.87. The maximum atomic E-state index is 13.1. The fourth-order valence-electron chi connectivity index (χ4n) is 3.06. The van der Waals surface area contributed by atoms with Gasteiger partial charge in [0.1, 0.15) is 4.90 Å². The van der Waals surface area contributed by atoms with E-state index < -0.39 is 10.0 Å². The van der Waals surface area contributed by atoms with Gasteiger partial charge in [-0.15, -0.1) is 0 Å². The first-order valence-corrected chi connectivity index (χ1v) is 8.86. The molecule has 1 atom stereocenters. The van der Waals surface area contributed by atoms with Crippen molar-refractivity contribution in [2.24, 2.45) is 7.05 Å². The third-order valence-electron chi connectivity index (χ3n) is 4.08. The van der Waals surface area contributed by atoms with Gasteiger partial charge in [0.15, 0.2) is 0 Å². The van der Waals surface area contributed by atoms with Gasteiger partial charge in [-0.25, -0.2) is 8.42 Å². The van der Waals surface area contributed by atoms with Crippen LogP contribution in [0.15, 0.2) is 35.6 Å². The summed E-state index contributed by atoms with van der Waals surface area (Å²) < 4.78 is 29.3. The summed E-state index contributed by atoms with van der Waals surface area (Å²) in [7, 11) is -1.81. The topological polar surface area (TPSA) is 68.1 Å². The van der Waals surface area contributed by atoms with Crippen molar-refractivity contribution in [1.82, 2.24) is 19.1 Å². The van der Waals surface area contributed by atoms with E-state index in [9.17, 15) is 8.42 Å². The highest BCUT2D eigenvalue weighted by Crippen LogP contribution is 2.35. The van der Waals surface area contributed by atoms with Crippen molar-refractivity contribution in [2.75, 3.05) is 6.54 Å². The molecule has 6 nitrogen and oxygen atoms in total. The van der Waals surface area contributed by atoms with Crippen LogP contribution in [0.2, 0.25) is 0 Å². The largest absolute Gasteiger partial charge is 0.274 e. The lowest BCUT2D eigenvalue weighted by Gasteiger charge is -2.34. The maximum absolute atomic E-state index is 13.1. The molecular weight excluding hydrogens is 300 g/mol. The van der Waals surface area contributed by atoms with E-state index >= 15 is 0 Å². The van der Waals surface area contributed by atoms with Crippen LogP contribution in [-0.2, 0) is 17.1 Å². The van der Waals surface area contributed by atoms with E-state index in [1.165, 1.54) is 0 Å². The van der Waals surface area contributed by atoms with E-state index in [-0.39, 0.29) is 6.04 Å². The van der Waals surface area contributed by atoms with Gasteiger partial charge < -0.3 is 0 Å². The number of rotatable bonds is 3. The Morgan fingerprint density at radius 2 is 2.14 bits per heavy atom. The Bertz CT molecular complexity index is 755. The molecule has 0 amide bonds. The molecule has 1 aliphatic heterocycles. The lowest BCUT2D eigenvalue weighted by molar-refractivity contribution is 0.255. The van der Waals surface area contributed by atoms with E-state index in [1.54, 1.807) is 41.5 Å². The smallest absolute Gasteiger partial charge is 0.247 e. The van der Waals surface area contributed by atoms with Crippen molar-refractivity contribution in [1.29, 1.82) is 0 Å². The second kappa shape index (κ2) is 5.81. The number of aromatic nitrogens is 3. The minimum atomic E-state index is -3.55. The molecule has 0 aliphatic carbocycles. The predicted octanol–water partition coefficient (Wildman–Crippen LogP) is 2.04. The van der Waals surface area contributed by atoms with Crippen molar-refractivity contribution in [2.45, 2.75) is 37.1 Å². The first kappa shape index (κ1) is 15.2. The zero-order chi connectivity index (χ0) is 15.7. The normalized spacial score (nSPS) is 20.2. The number of hydrogen-bond donors (Lipinski definition) is 0. The van der Waals surface area contributed by atoms with Gasteiger partial charge in [0.2, 0.25) is 10.0 Å². The van der Waals surface area contributed by atoms with Crippen LogP contribution in [-0.4, -0.2) is 34.0 Å². The lowest BCUT2D eigenvalue weighted by atomic mass is 9.99. The number of hydrogen-bond acceptors (Lipinski definition) is 4. The minimum absolute atomic E-state index is 0.146. The van der Waals surface area contributed by atoms with Crippen LogP contribution in [0, 0.1) is 6.92 Å². The Kier molecular flexibility index (Phi) is 4.01. The van der Waals surface area contributed by atoms with Gasteiger partial charge in [-0.3, -0.25) is 9.67 Å². The molecule has 0 radical (unpaired) electrons. The van der Waals surface area contributed by atoms with E-state index in [0.717, 1.165) is 24.8 Å². The van der Waals surface area contributed by atoms with Crippen molar-refractivity contribution in [3.63, 3.8) is 0 Å². The van der Waals surface area contributed by atoms with Crippen LogP contribution >= 0.6 is 0 Å².